The molecule has 1 aromatic carbocycles. The van der Waals surface area contributed by atoms with E-state index in [0.717, 1.165) is 17.7 Å². The van der Waals surface area contributed by atoms with Gasteiger partial charge in [0.05, 0.1) is 6.92 Å². The Labute approximate surface area is 129 Å². The molecule has 6 heteroatoms. The van der Waals surface area contributed by atoms with E-state index in [1.807, 2.05) is 13.0 Å². The van der Waals surface area contributed by atoms with Gasteiger partial charge in [0.1, 0.15) is 0 Å². The second-order valence-corrected chi connectivity index (χ2v) is 3.76. The van der Waals surface area contributed by atoms with Crippen molar-refractivity contribution in [3.8, 4) is 11.3 Å². The number of aliphatic carboxylic acids is 1. The van der Waals surface area contributed by atoms with E-state index in [0.29, 0.717) is 5.69 Å². The Balaban J connectivity index is 0.000000644. The summed E-state index contributed by atoms with van der Waals surface area (Å²) in [7, 11) is 0. The van der Waals surface area contributed by atoms with Gasteiger partial charge in [-0.1, -0.05) is 23.3 Å². The van der Waals surface area contributed by atoms with Gasteiger partial charge in [-0.2, -0.15) is 0 Å². The van der Waals surface area contributed by atoms with Gasteiger partial charge in [-0.3, -0.25) is 8.78 Å². The van der Waals surface area contributed by atoms with Crippen LogP contribution in [0.25, 0.3) is 11.3 Å². The molecule has 0 spiro atoms. The summed E-state index contributed by atoms with van der Waals surface area (Å²) in [5.74, 6) is -1.86. The molecule has 0 amide bonds. The van der Waals surface area contributed by atoms with Gasteiger partial charge < -0.3 is 14.9 Å². The van der Waals surface area contributed by atoms with Crippen molar-refractivity contribution < 1.29 is 38.8 Å². The Morgan fingerprint density at radius 1 is 1.40 bits per heavy atom. The van der Waals surface area contributed by atoms with E-state index in [2.05, 4.69) is 11.1 Å². The standard InChI is InChI=1S/C12H8F2N.C2H4O2.Ir/c1-8-3-2-6-15-12(8)10-5-4-9(13)7-11(10)14;1-2(3)4;/h2-4,6-7H,1H3;1H3,(H,3,4);/q-1;;/p+1. The van der Waals surface area contributed by atoms with Crippen LogP contribution in [0.15, 0.2) is 30.5 Å². The maximum Gasteiger partial charge on any atom is 0.477 e. The van der Waals surface area contributed by atoms with E-state index in [1.165, 1.54) is 6.92 Å². The van der Waals surface area contributed by atoms with Crippen LogP contribution >= 0.6 is 0 Å². The predicted octanol–water partition coefficient (Wildman–Crippen LogP) is 3.20. The average Bonchev–Trinajstić information content (AvgIpc) is 2.30. The van der Waals surface area contributed by atoms with Crippen molar-refractivity contribution >= 4 is 5.97 Å². The van der Waals surface area contributed by atoms with E-state index in [-0.39, 0.29) is 25.7 Å². The number of nitrogens with zero attached hydrogens (tertiary/aromatic N) is 1. The number of carboxylic acid groups (broad SMARTS) is 1. The number of aliphatic hydroxyl groups excluding tert-OH is 1. The molecule has 0 aliphatic carbocycles. The molecule has 0 aliphatic rings. The summed E-state index contributed by atoms with van der Waals surface area (Å²) in [5.41, 5.74) is 1.53. The van der Waals surface area contributed by atoms with E-state index >= 15 is 0 Å². The topological polar surface area (TPSA) is 54.5 Å². The van der Waals surface area contributed by atoms with Crippen molar-refractivity contribution in [1.82, 2.24) is 4.98 Å². The maximum absolute atomic E-state index is 13.4. The first-order valence-corrected chi connectivity index (χ1v) is 5.42. The number of benzene rings is 1. The fourth-order valence-corrected chi connectivity index (χ4v) is 1.37. The fourth-order valence-electron chi connectivity index (χ4n) is 1.37. The minimum atomic E-state index is -0.642. The molecule has 0 atom stereocenters. The van der Waals surface area contributed by atoms with Gasteiger partial charge in [0.15, 0.2) is 0 Å². The summed E-state index contributed by atoms with van der Waals surface area (Å²) in [4.78, 5) is 11.6. The number of hydrogen-bond donors (Lipinski definition) is 1. The van der Waals surface area contributed by atoms with Crippen molar-refractivity contribution in [2.75, 3.05) is 0 Å². The van der Waals surface area contributed by atoms with Crippen molar-refractivity contribution in [2.24, 2.45) is 0 Å². The van der Waals surface area contributed by atoms with Gasteiger partial charge in [-0.15, -0.1) is 12.1 Å². The van der Waals surface area contributed by atoms with Crippen molar-refractivity contribution in [3.63, 3.8) is 0 Å². The van der Waals surface area contributed by atoms with Gasteiger partial charge in [0, 0.05) is 37.9 Å². The number of aromatic nitrogens is 1. The Kier molecular flexibility index (Phi) is 7.80. The molecule has 0 unspecified atom stereocenters. The van der Waals surface area contributed by atoms with E-state index in [1.54, 1.807) is 12.3 Å². The average molecular weight is 457 g/mol. The van der Waals surface area contributed by atoms with Crippen LogP contribution in [0.3, 0.4) is 0 Å². The van der Waals surface area contributed by atoms with Gasteiger partial charge in [-0.25, -0.2) is 0 Å². The second-order valence-electron chi connectivity index (χ2n) is 3.76. The summed E-state index contributed by atoms with van der Waals surface area (Å²) in [6.07, 6.45) is 1.57. The maximum atomic E-state index is 13.4. The van der Waals surface area contributed by atoms with E-state index in [9.17, 15) is 8.78 Å². The van der Waals surface area contributed by atoms with Crippen LogP contribution in [0.2, 0.25) is 0 Å². The molecule has 1 aromatic heterocycles. The molecule has 3 nitrogen and oxygen atoms in total. The number of halogens is 2. The molecule has 1 heterocycles. The molecule has 0 fully saturated rings. The van der Waals surface area contributed by atoms with Crippen LogP contribution in [0.1, 0.15) is 12.5 Å². The van der Waals surface area contributed by atoms with Crippen LogP contribution in [0.4, 0.5) is 8.78 Å². The zero-order valence-electron chi connectivity index (χ0n) is 10.8. The Bertz CT molecular complexity index is 587. The van der Waals surface area contributed by atoms with Gasteiger partial charge >= 0.3 is 5.97 Å². The summed E-state index contributed by atoms with van der Waals surface area (Å²) in [5, 5.41) is 7.53. The van der Waals surface area contributed by atoms with Crippen molar-refractivity contribution in [1.29, 1.82) is 0 Å². The normalized spacial score (nSPS) is 9.00. The van der Waals surface area contributed by atoms with Crippen LogP contribution in [-0.4, -0.2) is 20.9 Å². The molecule has 1 radical (unpaired) electrons. The van der Waals surface area contributed by atoms with Crippen LogP contribution < -0.4 is 0 Å². The number of pyridine rings is 1. The zero-order valence-corrected chi connectivity index (χ0v) is 13.2. The first-order chi connectivity index (χ1) is 8.91. The fraction of sp³-hybridized carbons (Fsp3) is 0.143. The quantitative estimate of drug-likeness (QED) is 0.528. The summed E-state index contributed by atoms with van der Waals surface area (Å²) in [6.45, 7) is 3.01. The van der Waals surface area contributed by atoms with Gasteiger partial charge in [-0.05, 0) is 18.7 Å². The van der Waals surface area contributed by atoms with E-state index in [4.69, 9.17) is 9.90 Å². The van der Waals surface area contributed by atoms with Crippen LogP contribution in [0, 0.1) is 24.6 Å². The zero-order chi connectivity index (χ0) is 14.4. The number of rotatable bonds is 1. The molecule has 0 saturated heterocycles. The molecular formula is C14H13F2IrNO2. The first kappa shape index (κ1) is 18.3. The van der Waals surface area contributed by atoms with Crippen molar-refractivity contribution in [2.45, 2.75) is 13.8 Å². The third-order valence-corrected chi connectivity index (χ3v) is 2.10. The molecule has 0 bridgehead atoms. The molecule has 0 saturated carbocycles. The molecule has 109 valence electrons. The third kappa shape index (κ3) is 5.55. The second kappa shape index (κ2) is 8.51. The molecule has 0 aliphatic heterocycles. The monoisotopic (exact) mass is 458 g/mol. The largest absolute Gasteiger partial charge is 0.477 e. The number of hydrogen-bond acceptors (Lipinski definition) is 1. The SMILES string of the molecule is CC(O)=[OH+].Cc1cccnc1-c1[c-]cc(F)cc1F.[Ir]. The first-order valence-electron chi connectivity index (χ1n) is 5.42. The molecular weight excluding hydrogens is 444 g/mol. The molecule has 2 rings (SSSR count). The smallest absolute Gasteiger partial charge is 0.339 e. The number of carboxylic acids is 1. The summed E-state index contributed by atoms with van der Waals surface area (Å²) >= 11 is 0. The number of aryl methyl sites for hydroxylation is 1. The van der Waals surface area contributed by atoms with Gasteiger partial charge in [0.2, 0.25) is 0 Å². The van der Waals surface area contributed by atoms with Crippen molar-refractivity contribution in [3.05, 3.63) is 53.7 Å². The van der Waals surface area contributed by atoms with E-state index < -0.39 is 17.6 Å². The van der Waals surface area contributed by atoms with Crippen LogP contribution in [0.5, 0.6) is 0 Å². The predicted molar refractivity (Wildman–Crippen MR) is 68.4 cm³/mol. The van der Waals surface area contributed by atoms with Gasteiger partial charge in [0.25, 0.3) is 0 Å². The van der Waals surface area contributed by atoms with Crippen LogP contribution in [-0.2, 0) is 20.1 Å². The molecule has 20 heavy (non-hydrogen) atoms. The summed E-state index contributed by atoms with van der Waals surface area (Å²) in [6, 6.07) is 8.07. The Hall–Kier alpha value is -1.65. The Morgan fingerprint density at radius 3 is 2.50 bits per heavy atom. The minimum absolute atomic E-state index is 0. The Morgan fingerprint density at radius 2 is 2.00 bits per heavy atom. The summed E-state index contributed by atoms with van der Waals surface area (Å²) < 4.78 is 26.1. The molecule has 2 N–H and O–H groups in total. The third-order valence-electron chi connectivity index (χ3n) is 2.10. The minimum Gasteiger partial charge on any atom is -0.339 e. The molecule has 2 aromatic rings.